The van der Waals surface area contributed by atoms with Crippen LogP contribution in [0.3, 0.4) is 0 Å². The Labute approximate surface area is 107 Å². The maximum absolute atomic E-state index is 5.58. The number of hydrogen-bond acceptors (Lipinski definition) is 3. The average molecular weight is 242 g/mol. The fraction of sp³-hybridized carbons (Fsp3) is 1.00. The molecule has 0 aromatic heterocycles. The molecule has 1 unspecified atom stereocenters. The minimum atomic E-state index is 0.564. The minimum absolute atomic E-state index is 0.564. The highest BCUT2D eigenvalue weighted by molar-refractivity contribution is 4.81. The molecule has 3 heteroatoms. The van der Waals surface area contributed by atoms with Gasteiger partial charge in [0.1, 0.15) is 0 Å². The van der Waals surface area contributed by atoms with Gasteiger partial charge in [0.05, 0.1) is 6.10 Å². The molecule has 1 saturated carbocycles. The maximum atomic E-state index is 5.58. The average Bonchev–Trinajstić information content (AvgIpc) is 2.25. The van der Waals surface area contributed by atoms with Crippen LogP contribution in [0.5, 0.6) is 0 Å². The van der Waals surface area contributed by atoms with Gasteiger partial charge in [0.15, 0.2) is 0 Å². The monoisotopic (exact) mass is 242 g/mol. The summed E-state index contributed by atoms with van der Waals surface area (Å²) in [4.78, 5) is 2.35. The second-order valence-electron chi connectivity index (χ2n) is 5.41. The molecule has 1 aliphatic carbocycles. The summed E-state index contributed by atoms with van der Waals surface area (Å²) in [5, 5.41) is 3.61. The minimum Gasteiger partial charge on any atom is -0.378 e. The largest absolute Gasteiger partial charge is 0.378 e. The number of ether oxygens (including phenoxy) is 1. The summed E-state index contributed by atoms with van der Waals surface area (Å²) < 4.78 is 5.58. The first-order valence-electron chi connectivity index (χ1n) is 7.19. The summed E-state index contributed by atoms with van der Waals surface area (Å²) in [6.45, 7) is 10.9. The highest BCUT2D eigenvalue weighted by Crippen LogP contribution is 2.32. The zero-order valence-corrected chi connectivity index (χ0v) is 12.0. The third-order valence-electron chi connectivity index (χ3n) is 3.77. The van der Waals surface area contributed by atoms with Crippen molar-refractivity contribution in [2.45, 2.75) is 52.2 Å². The molecule has 0 aromatic rings. The highest BCUT2D eigenvalue weighted by atomic mass is 16.5. The van der Waals surface area contributed by atoms with Crippen LogP contribution in [0.2, 0.25) is 0 Å². The summed E-state index contributed by atoms with van der Waals surface area (Å²) >= 11 is 0. The molecule has 1 aliphatic rings. The SMILES string of the molecule is CCOC1CC(CCNC(C)CN(C)CC)C1. The number of hydrogen-bond donors (Lipinski definition) is 1. The van der Waals surface area contributed by atoms with E-state index in [0.29, 0.717) is 12.1 Å². The smallest absolute Gasteiger partial charge is 0.0580 e. The Bertz CT molecular complexity index is 193. The molecule has 0 spiro atoms. The van der Waals surface area contributed by atoms with Crippen LogP contribution in [0.4, 0.5) is 0 Å². The predicted molar refractivity (Wildman–Crippen MR) is 73.4 cm³/mol. The van der Waals surface area contributed by atoms with E-state index < -0.39 is 0 Å². The van der Waals surface area contributed by atoms with Gasteiger partial charge in [0.25, 0.3) is 0 Å². The molecule has 0 amide bonds. The van der Waals surface area contributed by atoms with E-state index in [1.807, 2.05) is 0 Å². The summed E-state index contributed by atoms with van der Waals surface area (Å²) in [5.41, 5.74) is 0. The quantitative estimate of drug-likeness (QED) is 0.670. The van der Waals surface area contributed by atoms with Crippen LogP contribution in [-0.2, 0) is 4.74 Å². The van der Waals surface area contributed by atoms with Gasteiger partial charge < -0.3 is 15.0 Å². The third-order valence-corrected chi connectivity index (χ3v) is 3.77. The van der Waals surface area contributed by atoms with Gasteiger partial charge in [-0.1, -0.05) is 6.92 Å². The van der Waals surface area contributed by atoms with Gasteiger partial charge in [-0.3, -0.25) is 0 Å². The molecule has 1 rings (SSSR count). The van der Waals surface area contributed by atoms with E-state index >= 15 is 0 Å². The standard InChI is InChI=1S/C14H30N2O/c1-5-16(4)11-12(3)15-8-7-13-9-14(10-13)17-6-2/h12-15H,5-11H2,1-4H3. The molecule has 0 heterocycles. The molecule has 0 saturated heterocycles. The van der Waals surface area contributed by atoms with Crippen LogP contribution in [0.1, 0.15) is 40.0 Å². The lowest BCUT2D eigenvalue weighted by molar-refractivity contribution is -0.0264. The normalized spacial score (nSPS) is 25.9. The number of nitrogens with zero attached hydrogens (tertiary/aromatic N) is 1. The van der Waals surface area contributed by atoms with Crippen molar-refractivity contribution in [2.24, 2.45) is 5.92 Å². The van der Waals surface area contributed by atoms with Gasteiger partial charge in [-0.15, -0.1) is 0 Å². The van der Waals surface area contributed by atoms with Gasteiger partial charge in [-0.25, -0.2) is 0 Å². The second kappa shape index (κ2) is 8.06. The first-order chi connectivity index (χ1) is 8.15. The number of likely N-dealkylation sites (N-methyl/N-ethyl adjacent to an activating group) is 1. The van der Waals surface area contributed by atoms with Crippen LogP contribution in [0, 0.1) is 5.92 Å². The molecule has 0 aliphatic heterocycles. The summed E-state index contributed by atoms with van der Waals surface area (Å²) in [5.74, 6) is 0.898. The van der Waals surface area contributed by atoms with Crippen molar-refractivity contribution in [1.82, 2.24) is 10.2 Å². The molecule has 3 nitrogen and oxygen atoms in total. The van der Waals surface area contributed by atoms with Gasteiger partial charge in [0, 0.05) is 19.2 Å². The lowest BCUT2D eigenvalue weighted by atomic mass is 9.80. The van der Waals surface area contributed by atoms with E-state index in [2.05, 4.69) is 38.0 Å². The fourth-order valence-corrected chi connectivity index (χ4v) is 2.48. The lowest BCUT2D eigenvalue weighted by Gasteiger charge is -2.35. The summed E-state index contributed by atoms with van der Waals surface area (Å²) in [6, 6.07) is 0.600. The van der Waals surface area contributed by atoms with Crippen LogP contribution in [0.25, 0.3) is 0 Å². The van der Waals surface area contributed by atoms with Gasteiger partial charge in [0.2, 0.25) is 0 Å². The number of rotatable bonds is 9. The fourth-order valence-electron chi connectivity index (χ4n) is 2.48. The Morgan fingerprint density at radius 1 is 1.35 bits per heavy atom. The Hall–Kier alpha value is -0.120. The first kappa shape index (κ1) is 14.9. The van der Waals surface area contributed by atoms with Crippen molar-refractivity contribution in [2.75, 3.05) is 33.3 Å². The predicted octanol–water partition coefficient (Wildman–Crippen LogP) is 2.12. The van der Waals surface area contributed by atoms with E-state index in [9.17, 15) is 0 Å². The van der Waals surface area contributed by atoms with Crippen molar-refractivity contribution in [3.8, 4) is 0 Å². The molecule has 1 fully saturated rings. The van der Waals surface area contributed by atoms with E-state index in [-0.39, 0.29) is 0 Å². The summed E-state index contributed by atoms with van der Waals surface area (Å²) in [7, 11) is 2.18. The van der Waals surface area contributed by atoms with Crippen molar-refractivity contribution >= 4 is 0 Å². The highest BCUT2D eigenvalue weighted by Gasteiger charge is 2.28. The number of nitrogens with one attached hydrogen (secondary N) is 1. The molecule has 0 aromatic carbocycles. The maximum Gasteiger partial charge on any atom is 0.0580 e. The zero-order chi connectivity index (χ0) is 12.7. The second-order valence-corrected chi connectivity index (χ2v) is 5.41. The molecule has 17 heavy (non-hydrogen) atoms. The Balaban J connectivity index is 1.94. The van der Waals surface area contributed by atoms with Crippen LogP contribution >= 0.6 is 0 Å². The van der Waals surface area contributed by atoms with E-state index in [1.165, 1.54) is 19.3 Å². The molecule has 0 bridgehead atoms. The van der Waals surface area contributed by atoms with Crippen molar-refractivity contribution in [3.63, 3.8) is 0 Å². The van der Waals surface area contributed by atoms with Crippen LogP contribution in [0.15, 0.2) is 0 Å². The van der Waals surface area contributed by atoms with Gasteiger partial charge in [-0.2, -0.15) is 0 Å². The van der Waals surface area contributed by atoms with Crippen molar-refractivity contribution in [3.05, 3.63) is 0 Å². The van der Waals surface area contributed by atoms with E-state index in [4.69, 9.17) is 4.74 Å². The molecule has 102 valence electrons. The molecule has 1 N–H and O–H groups in total. The van der Waals surface area contributed by atoms with Gasteiger partial charge in [-0.05, 0) is 59.2 Å². The Morgan fingerprint density at radius 2 is 2.06 bits per heavy atom. The first-order valence-corrected chi connectivity index (χ1v) is 7.19. The molecule has 0 radical (unpaired) electrons. The van der Waals surface area contributed by atoms with Gasteiger partial charge >= 0.3 is 0 Å². The van der Waals surface area contributed by atoms with E-state index in [0.717, 1.165) is 32.2 Å². The Kier molecular flexibility index (Phi) is 7.09. The summed E-state index contributed by atoms with van der Waals surface area (Å²) in [6.07, 6.45) is 4.43. The molecular formula is C14H30N2O. The molecular weight excluding hydrogens is 212 g/mol. The zero-order valence-electron chi connectivity index (χ0n) is 12.0. The van der Waals surface area contributed by atoms with Crippen molar-refractivity contribution < 1.29 is 4.74 Å². The Morgan fingerprint density at radius 3 is 2.65 bits per heavy atom. The van der Waals surface area contributed by atoms with E-state index in [1.54, 1.807) is 0 Å². The topological polar surface area (TPSA) is 24.5 Å². The van der Waals surface area contributed by atoms with Crippen LogP contribution in [-0.4, -0.2) is 50.3 Å². The third kappa shape index (κ3) is 5.84. The molecule has 1 atom stereocenters. The van der Waals surface area contributed by atoms with Crippen LogP contribution < -0.4 is 5.32 Å². The van der Waals surface area contributed by atoms with Crippen molar-refractivity contribution in [1.29, 1.82) is 0 Å². The lowest BCUT2D eigenvalue weighted by Crippen LogP contribution is -2.39.